The summed E-state index contributed by atoms with van der Waals surface area (Å²) in [5.74, 6) is 0.301. The van der Waals surface area contributed by atoms with Crippen LogP contribution < -0.4 is 5.32 Å². The van der Waals surface area contributed by atoms with Gasteiger partial charge in [-0.1, -0.05) is 13.8 Å². The summed E-state index contributed by atoms with van der Waals surface area (Å²) in [6.07, 6.45) is 8.58. The first-order valence-electron chi connectivity index (χ1n) is 8.49. The van der Waals surface area contributed by atoms with Crippen molar-refractivity contribution in [3.8, 4) is 0 Å². The maximum Gasteiger partial charge on any atom is 0.214 e. The SMILES string of the molecule is CN(C1CCC(C)(C)CC1)S(=O)(=O)CCCCNC1CC1. The van der Waals surface area contributed by atoms with Crippen LogP contribution in [0.3, 0.4) is 0 Å². The number of hydrogen-bond acceptors (Lipinski definition) is 3. The predicted molar refractivity (Wildman–Crippen MR) is 87.8 cm³/mol. The number of hydrogen-bond donors (Lipinski definition) is 1. The minimum absolute atomic E-state index is 0.215. The molecule has 0 atom stereocenters. The van der Waals surface area contributed by atoms with E-state index in [1.54, 1.807) is 11.4 Å². The topological polar surface area (TPSA) is 49.4 Å². The van der Waals surface area contributed by atoms with Gasteiger partial charge in [-0.15, -0.1) is 0 Å². The highest BCUT2D eigenvalue weighted by molar-refractivity contribution is 7.89. The molecule has 0 aliphatic heterocycles. The van der Waals surface area contributed by atoms with Gasteiger partial charge in [-0.25, -0.2) is 12.7 Å². The van der Waals surface area contributed by atoms with Crippen molar-refractivity contribution >= 4 is 10.0 Å². The summed E-state index contributed by atoms with van der Waals surface area (Å²) in [6, 6.07) is 0.933. The fourth-order valence-corrected chi connectivity index (χ4v) is 4.64. The zero-order valence-electron chi connectivity index (χ0n) is 13.9. The fourth-order valence-electron chi connectivity index (χ4n) is 3.12. The quantitative estimate of drug-likeness (QED) is 0.701. The monoisotopic (exact) mass is 316 g/mol. The molecule has 2 fully saturated rings. The zero-order chi connectivity index (χ0) is 15.5. The third-order valence-electron chi connectivity index (χ3n) is 5.10. The molecule has 0 aromatic heterocycles. The van der Waals surface area contributed by atoms with Gasteiger partial charge in [0.15, 0.2) is 0 Å². The maximum atomic E-state index is 12.4. The highest BCUT2D eigenvalue weighted by Gasteiger charge is 2.33. The van der Waals surface area contributed by atoms with E-state index >= 15 is 0 Å². The molecule has 0 radical (unpaired) electrons. The molecule has 2 rings (SSSR count). The number of nitrogens with zero attached hydrogens (tertiary/aromatic N) is 1. The van der Waals surface area contributed by atoms with E-state index in [9.17, 15) is 8.42 Å². The number of unbranched alkanes of at least 4 members (excludes halogenated alkanes) is 1. The molecule has 0 amide bonds. The predicted octanol–water partition coefficient (Wildman–Crippen LogP) is 2.75. The molecule has 0 aromatic carbocycles. The van der Waals surface area contributed by atoms with Gasteiger partial charge < -0.3 is 5.32 Å². The van der Waals surface area contributed by atoms with Gasteiger partial charge in [0.1, 0.15) is 0 Å². The minimum Gasteiger partial charge on any atom is -0.314 e. The molecule has 5 heteroatoms. The Balaban J connectivity index is 1.70. The Bertz CT molecular complexity index is 420. The van der Waals surface area contributed by atoms with Crippen LogP contribution in [0, 0.1) is 5.41 Å². The van der Waals surface area contributed by atoms with Crippen LogP contribution in [0.1, 0.15) is 65.2 Å². The van der Waals surface area contributed by atoms with Crippen molar-refractivity contribution in [1.29, 1.82) is 0 Å². The van der Waals surface area contributed by atoms with Gasteiger partial charge in [0.2, 0.25) is 10.0 Å². The molecule has 4 nitrogen and oxygen atoms in total. The molecule has 0 saturated heterocycles. The van der Waals surface area contributed by atoms with Crippen molar-refractivity contribution in [2.75, 3.05) is 19.3 Å². The van der Waals surface area contributed by atoms with E-state index in [-0.39, 0.29) is 6.04 Å². The van der Waals surface area contributed by atoms with Crippen molar-refractivity contribution < 1.29 is 8.42 Å². The van der Waals surface area contributed by atoms with E-state index < -0.39 is 10.0 Å². The van der Waals surface area contributed by atoms with Gasteiger partial charge in [0.05, 0.1) is 5.75 Å². The molecule has 124 valence electrons. The molecular formula is C16H32N2O2S. The molecule has 1 N–H and O–H groups in total. The summed E-state index contributed by atoms with van der Waals surface area (Å²) >= 11 is 0. The summed E-state index contributed by atoms with van der Waals surface area (Å²) in [7, 11) is -1.30. The van der Waals surface area contributed by atoms with Crippen molar-refractivity contribution in [2.45, 2.75) is 77.3 Å². The van der Waals surface area contributed by atoms with E-state index in [0.29, 0.717) is 11.2 Å². The van der Waals surface area contributed by atoms with Crippen LogP contribution in [0.4, 0.5) is 0 Å². The normalized spacial score (nSPS) is 23.6. The zero-order valence-corrected chi connectivity index (χ0v) is 14.7. The lowest BCUT2D eigenvalue weighted by molar-refractivity contribution is 0.174. The largest absolute Gasteiger partial charge is 0.314 e. The summed E-state index contributed by atoms with van der Waals surface area (Å²) in [4.78, 5) is 0. The summed E-state index contributed by atoms with van der Waals surface area (Å²) in [6.45, 7) is 5.52. The van der Waals surface area contributed by atoms with Crippen molar-refractivity contribution in [3.63, 3.8) is 0 Å². The van der Waals surface area contributed by atoms with E-state index in [2.05, 4.69) is 19.2 Å². The van der Waals surface area contributed by atoms with Crippen LogP contribution in [-0.2, 0) is 10.0 Å². The van der Waals surface area contributed by atoms with Gasteiger partial charge in [0, 0.05) is 19.1 Å². The van der Waals surface area contributed by atoms with Gasteiger partial charge in [-0.2, -0.15) is 0 Å². The second kappa shape index (κ2) is 6.97. The molecule has 2 aliphatic carbocycles. The van der Waals surface area contributed by atoms with Gasteiger partial charge in [-0.05, 0) is 63.3 Å². The van der Waals surface area contributed by atoms with Crippen LogP contribution in [0.2, 0.25) is 0 Å². The molecule has 0 unspecified atom stereocenters. The number of nitrogens with one attached hydrogen (secondary N) is 1. The molecule has 21 heavy (non-hydrogen) atoms. The third-order valence-corrected chi connectivity index (χ3v) is 7.08. The highest BCUT2D eigenvalue weighted by Crippen LogP contribution is 2.37. The second-order valence-corrected chi connectivity index (χ2v) is 9.81. The summed E-state index contributed by atoms with van der Waals surface area (Å²) in [5, 5.41) is 3.44. The average molecular weight is 317 g/mol. The molecule has 2 saturated carbocycles. The Morgan fingerprint density at radius 2 is 1.71 bits per heavy atom. The summed E-state index contributed by atoms with van der Waals surface area (Å²) < 4.78 is 26.5. The maximum absolute atomic E-state index is 12.4. The Morgan fingerprint density at radius 1 is 1.10 bits per heavy atom. The third kappa shape index (κ3) is 5.53. The first-order chi connectivity index (χ1) is 9.80. The average Bonchev–Trinajstić information content (AvgIpc) is 3.21. The molecule has 0 aromatic rings. The van der Waals surface area contributed by atoms with Crippen LogP contribution >= 0.6 is 0 Å². The minimum atomic E-state index is -3.08. The Labute approximate surface area is 130 Å². The standard InChI is InChI=1S/C16H32N2O2S/c1-16(2)10-8-15(9-11-16)18(3)21(19,20)13-5-4-12-17-14-6-7-14/h14-15,17H,4-13H2,1-3H3. The Hall–Kier alpha value is -0.130. The Kier molecular flexibility index (Phi) is 5.71. The molecule has 0 heterocycles. The number of sulfonamides is 1. The lowest BCUT2D eigenvalue weighted by atomic mass is 9.76. The molecular weight excluding hydrogens is 284 g/mol. The highest BCUT2D eigenvalue weighted by atomic mass is 32.2. The molecule has 2 aliphatic rings. The first-order valence-corrected chi connectivity index (χ1v) is 10.1. The summed E-state index contributed by atoms with van der Waals surface area (Å²) in [5.41, 5.74) is 0.385. The lowest BCUT2D eigenvalue weighted by Gasteiger charge is -2.38. The first kappa shape index (κ1) is 17.2. The van der Waals surface area contributed by atoms with E-state index in [4.69, 9.17) is 0 Å². The van der Waals surface area contributed by atoms with Crippen molar-refractivity contribution in [2.24, 2.45) is 5.41 Å². The van der Waals surface area contributed by atoms with Crippen LogP contribution in [-0.4, -0.2) is 44.2 Å². The molecule has 0 bridgehead atoms. The second-order valence-electron chi connectivity index (χ2n) is 7.66. The van der Waals surface area contributed by atoms with Crippen LogP contribution in [0.15, 0.2) is 0 Å². The van der Waals surface area contributed by atoms with Gasteiger partial charge >= 0.3 is 0 Å². The van der Waals surface area contributed by atoms with Crippen molar-refractivity contribution in [3.05, 3.63) is 0 Å². The Morgan fingerprint density at radius 3 is 2.29 bits per heavy atom. The van der Waals surface area contributed by atoms with Crippen LogP contribution in [0.25, 0.3) is 0 Å². The van der Waals surface area contributed by atoms with Gasteiger partial charge in [0.25, 0.3) is 0 Å². The van der Waals surface area contributed by atoms with Crippen LogP contribution in [0.5, 0.6) is 0 Å². The lowest BCUT2D eigenvalue weighted by Crippen LogP contribution is -2.41. The van der Waals surface area contributed by atoms with Crippen molar-refractivity contribution in [1.82, 2.24) is 9.62 Å². The molecule has 0 spiro atoms. The smallest absolute Gasteiger partial charge is 0.214 e. The van der Waals surface area contributed by atoms with Gasteiger partial charge in [-0.3, -0.25) is 0 Å². The fraction of sp³-hybridized carbons (Fsp3) is 1.00. The van der Waals surface area contributed by atoms with E-state index in [1.807, 2.05) is 0 Å². The van der Waals surface area contributed by atoms with E-state index in [0.717, 1.165) is 51.1 Å². The number of rotatable bonds is 8. The van der Waals surface area contributed by atoms with E-state index in [1.165, 1.54) is 12.8 Å².